The van der Waals surface area contributed by atoms with Crippen LogP contribution in [0.25, 0.3) is 0 Å². The van der Waals surface area contributed by atoms with Crippen LogP contribution >= 0.6 is 11.3 Å². The van der Waals surface area contributed by atoms with Gasteiger partial charge in [0.1, 0.15) is 0 Å². The van der Waals surface area contributed by atoms with E-state index in [9.17, 15) is 0 Å². The standard InChI is InChI=1S/C9H14N2S/c1-7-2-5-12-9(7)8-6-10-3-4-11-8/h2,5,8,10-11H,3-4,6H2,1H3/t8-/m1/s1. The Morgan fingerprint density at radius 2 is 2.42 bits per heavy atom. The summed E-state index contributed by atoms with van der Waals surface area (Å²) in [6, 6.07) is 2.73. The molecule has 0 spiro atoms. The van der Waals surface area contributed by atoms with Gasteiger partial charge in [-0.15, -0.1) is 11.3 Å². The highest BCUT2D eigenvalue weighted by atomic mass is 32.1. The molecule has 2 nitrogen and oxygen atoms in total. The van der Waals surface area contributed by atoms with Crippen molar-refractivity contribution in [3.05, 3.63) is 21.9 Å². The van der Waals surface area contributed by atoms with E-state index in [1.165, 1.54) is 10.4 Å². The van der Waals surface area contributed by atoms with Crippen molar-refractivity contribution in [1.29, 1.82) is 0 Å². The number of piperazine rings is 1. The van der Waals surface area contributed by atoms with Crippen molar-refractivity contribution in [3.63, 3.8) is 0 Å². The average molecular weight is 182 g/mol. The second-order valence-electron chi connectivity index (χ2n) is 3.18. The fraction of sp³-hybridized carbons (Fsp3) is 0.556. The highest BCUT2D eigenvalue weighted by molar-refractivity contribution is 7.10. The van der Waals surface area contributed by atoms with Crippen LogP contribution in [0.1, 0.15) is 16.5 Å². The third kappa shape index (κ3) is 1.53. The minimum absolute atomic E-state index is 0.541. The number of hydrogen-bond donors (Lipinski definition) is 2. The quantitative estimate of drug-likeness (QED) is 0.684. The Labute approximate surface area is 77.0 Å². The number of nitrogens with one attached hydrogen (secondary N) is 2. The molecule has 0 unspecified atom stereocenters. The van der Waals surface area contributed by atoms with E-state index in [0.29, 0.717) is 6.04 Å². The van der Waals surface area contributed by atoms with E-state index >= 15 is 0 Å². The van der Waals surface area contributed by atoms with Crippen molar-refractivity contribution in [3.8, 4) is 0 Å². The Bertz CT molecular complexity index is 251. The third-order valence-corrected chi connectivity index (χ3v) is 3.39. The summed E-state index contributed by atoms with van der Waals surface area (Å²) in [5, 5.41) is 9.07. The van der Waals surface area contributed by atoms with E-state index in [1.807, 2.05) is 11.3 Å². The second kappa shape index (κ2) is 3.56. The molecule has 0 radical (unpaired) electrons. The van der Waals surface area contributed by atoms with Gasteiger partial charge >= 0.3 is 0 Å². The van der Waals surface area contributed by atoms with Crippen LogP contribution < -0.4 is 10.6 Å². The van der Waals surface area contributed by atoms with Crippen molar-refractivity contribution in [2.24, 2.45) is 0 Å². The third-order valence-electron chi connectivity index (χ3n) is 2.26. The number of aryl methyl sites for hydroxylation is 1. The largest absolute Gasteiger partial charge is 0.314 e. The number of rotatable bonds is 1. The van der Waals surface area contributed by atoms with Crippen LogP contribution in [0.3, 0.4) is 0 Å². The smallest absolute Gasteiger partial charge is 0.0544 e. The van der Waals surface area contributed by atoms with Crippen molar-refractivity contribution in [2.45, 2.75) is 13.0 Å². The minimum Gasteiger partial charge on any atom is -0.314 e. The van der Waals surface area contributed by atoms with Gasteiger partial charge in [0.25, 0.3) is 0 Å². The molecule has 1 atom stereocenters. The first-order chi connectivity index (χ1) is 5.88. The Balaban J connectivity index is 2.13. The first kappa shape index (κ1) is 8.23. The van der Waals surface area contributed by atoms with Crippen molar-refractivity contribution >= 4 is 11.3 Å². The summed E-state index contributed by atoms with van der Waals surface area (Å²) in [6.07, 6.45) is 0. The lowest BCUT2D eigenvalue weighted by molar-refractivity contribution is 0.434. The van der Waals surface area contributed by atoms with Crippen LogP contribution in [-0.2, 0) is 0 Å². The Kier molecular flexibility index (Phi) is 2.44. The maximum Gasteiger partial charge on any atom is 0.0544 e. The molecule has 1 saturated heterocycles. The van der Waals surface area contributed by atoms with E-state index in [2.05, 4.69) is 29.0 Å². The number of thiophene rings is 1. The number of hydrogen-bond acceptors (Lipinski definition) is 3. The van der Waals surface area contributed by atoms with Gasteiger partial charge in [-0.1, -0.05) is 0 Å². The zero-order chi connectivity index (χ0) is 8.39. The minimum atomic E-state index is 0.541. The summed E-state index contributed by atoms with van der Waals surface area (Å²) in [7, 11) is 0. The molecule has 3 heteroatoms. The van der Waals surface area contributed by atoms with Gasteiger partial charge in [0.05, 0.1) is 6.04 Å². The van der Waals surface area contributed by atoms with Crippen molar-refractivity contribution < 1.29 is 0 Å². The van der Waals surface area contributed by atoms with Gasteiger partial charge in [0.2, 0.25) is 0 Å². The molecule has 66 valence electrons. The van der Waals surface area contributed by atoms with Crippen molar-refractivity contribution in [1.82, 2.24) is 10.6 Å². The Morgan fingerprint density at radius 3 is 3.00 bits per heavy atom. The van der Waals surface area contributed by atoms with Crippen LogP contribution in [0.15, 0.2) is 11.4 Å². The summed E-state index contributed by atoms with van der Waals surface area (Å²) < 4.78 is 0. The molecule has 0 aliphatic carbocycles. The lowest BCUT2D eigenvalue weighted by Gasteiger charge is -2.24. The van der Waals surface area contributed by atoms with E-state index in [4.69, 9.17) is 0 Å². The van der Waals surface area contributed by atoms with E-state index in [-0.39, 0.29) is 0 Å². The molecule has 0 saturated carbocycles. The maximum atomic E-state index is 3.51. The normalized spacial score (nSPS) is 24.2. The van der Waals surface area contributed by atoms with Gasteiger partial charge in [-0.2, -0.15) is 0 Å². The van der Waals surface area contributed by atoms with Crippen LogP contribution in [0.2, 0.25) is 0 Å². The van der Waals surface area contributed by atoms with Gasteiger partial charge in [-0.05, 0) is 23.9 Å². The molecule has 1 fully saturated rings. The molecule has 1 aliphatic heterocycles. The highest BCUT2D eigenvalue weighted by Crippen LogP contribution is 2.23. The molecule has 1 aromatic rings. The maximum absolute atomic E-state index is 3.51. The van der Waals surface area contributed by atoms with Gasteiger partial charge in [-0.25, -0.2) is 0 Å². The molecule has 0 aromatic carbocycles. The van der Waals surface area contributed by atoms with Crippen LogP contribution in [0.4, 0.5) is 0 Å². The molecule has 1 aromatic heterocycles. The summed E-state index contributed by atoms with van der Waals surface area (Å²) in [5.41, 5.74) is 1.42. The Morgan fingerprint density at radius 1 is 1.50 bits per heavy atom. The lowest BCUT2D eigenvalue weighted by atomic mass is 10.1. The molecule has 2 rings (SSSR count). The summed E-state index contributed by atoms with van der Waals surface area (Å²) in [4.78, 5) is 1.49. The predicted molar refractivity (Wildman–Crippen MR) is 52.7 cm³/mol. The molecule has 12 heavy (non-hydrogen) atoms. The molecular formula is C9H14N2S. The SMILES string of the molecule is Cc1ccsc1[C@H]1CNCCN1. The van der Waals surface area contributed by atoms with E-state index in [0.717, 1.165) is 19.6 Å². The van der Waals surface area contributed by atoms with E-state index < -0.39 is 0 Å². The topological polar surface area (TPSA) is 24.1 Å². The van der Waals surface area contributed by atoms with Gasteiger partial charge in [0.15, 0.2) is 0 Å². The molecule has 1 aliphatic rings. The first-order valence-electron chi connectivity index (χ1n) is 4.36. The first-order valence-corrected chi connectivity index (χ1v) is 5.24. The fourth-order valence-electron chi connectivity index (χ4n) is 1.58. The molecular weight excluding hydrogens is 168 g/mol. The van der Waals surface area contributed by atoms with Gasteiger partial charge in [-0.3, -0.25) is 0 Å². The zero-order valence-electron chi connectivity index (χ0n) is 7.26. The highest BCUT2D eigenvalue weighted by Gasteiger charge is 2.16. The summed E-state index contributed by atoms with van der Waals surface area (Å²) >= 11 is 1.85. The van der Waals surface area contributed by atoms with Gasteiger partial charge in [0, 0.05) is 24.5 Å². The molecule has 2 N–H and O–H groups in total. The summed E-state index contributed by atoms with van der Waals surface area (Å²) in [5.74, 6) is 0. The monoisotopic (exact) mass is 182 g/mol. The lowest BCUT2D eigenvalue weighted by Crippen LogP contribution is -2.42. The summed E-state index contributed by atoms with van der Waals surface area (Å²) in [6.45, 7) is 5.44. The van der Waals surface area contributed by atoms with Crippen molar-refractivity contribution in [2.75, 3.05) is 19.6 Å². The average Bonchev–Trinajstić information content (AvgIpc) is 2.53. The Hall–Kier alpha value is -0.380. The van der Waals surface area contributed by atoms with E-state index in [1.54, 1.807) is 0 Å². The fourth-order valence-corrected chi connectivity index (χ4v) is 2.58. The molecule has 0 bridgehead atoms. The molecule has 2 heterocycles. The predicted octanol–water partition coefficient (Wildman–Crippen LogP) is 1.29. The van der Waals surface area contributed by atoms with Crippen LogP contribution in [0.5, 0.6) is 0 Å². The zero-order valence-corrected chi connectivity index (χ0v) is 8.08. The second-order valence-corrected chi connectivity index (χ2v) is 4.13. The van der Waals surface area contributed by atoms with Crippen LogP contribution in [-0.4, -0.2) is 19.6 Å². The van der Waals surface area contributed by atoms with Gasteiger partial charge < -0.3 is 10.6 Å². The molecule has 0 amide bonds. The van der Waals surface area contributed by atoms with Crippen LogP contribution in [0, 0.1) is 6.92 Å².